The molecule has 0 radical (unpaired) electrons. The maximum atomic E-state index is 12.4. The van der Waals surface area contributed by atoms with Gasteiger partial charge in [-0.3, -0.25) is 4.79 Å². The van der Waals surface area contributed by atoms with E-state index in [1.807, 2.05) is 91.0 Å². The van der Waals surface area contributed by atoms with Gasteiger partial charge in [0.1, 0.15) is 18.3 Å². The summed E-state index contributed by atoms with van der Waals surface area (Å²) in [7, 11) is 1.27. The van der Waals surface area contributed by atoms with Gasteiger partial charge in [0.2, 0.25) is 0 Å². The van der Waals surface area contributed by atoms with E-state index in [-0.39, 0.29) is 26.2 Å². The van der Waals surface area contributed by atoms with Gasteiger partial charge in [-0.1, -0.05) is 91.0 Å². The molecule has 200 valence electrons. The molecule has 3 aromatic carbocycles. The van der Waals surface area contributed by atoms with Crippen LogP contribution < -0.4 is 0 Å². The highest BCUT2D eigenvalue weighted by Crippen LogP contribution is 2.32. The maximum Gasteiger partial charge on any atom is 0.335 e. The highest BCUT2D eigenvalue weighted by Gasteiger charge is 2.51. The lowest BCUT2D eigenvalue weighted by atomic mass is 9.92. The third-order valence-corrected chi connectivity index (χ3v) is 6.33. The fourth-order valence-corrected chi connectivity index (χ4v) is 4.40. The smallest absolute Gasteiger partial charge is 0.335 e. The minimum atomic E-state index is -1.38. The molecule has 0 spiro atoms. The van der Waals surface area contributed by atoms with E-state index in [0.29, 0.717) is 0 Å². The van der Waals surface area contributed by atoms with E-state index in [0.717, 1.165) is 16.7 Å². The van der Waals surface area contributed by atoms with E-state index in [2.05, 4.69) is 0 Å². The molecule has 1 heterocycles. The monoisotopic (exact) mass is 520 g/mol. The number of ether oxygens (including phenoxy) is 5. The summed E-state index contributed by atoms with van der Waals surface area (Å²) in [5.41, 5.74) is 2.68. The molecule has 0 saturated carbocycles. The van der Waals surface area contributed by atoms with Crippen LogP contribution in [0.5, 0.6) is 0 Å². The van der Waals surface area contributed by atoms with Gasteiger partial charge in [-0.15, -0.1) is 0 Å². The average molecular weight is 521 g/mol. The van der Waals surface area contributed by atoms with Gasteiger partial charge in [0.25, 0.3) is 0 Å². The number of benzene rings is 3. The Morgan fingerprint density at radius 1 is 0.684 bits per heavy atom. The largest absolute Gasteiger partial charge is 0.479 e. The van der Waals surface area contributed by atoms with E-state index in [9.17, 15) is 14.7 Å². The van der Waals surface area contributed by atoms with Crippen LogP contribution in [0.1, 0.15) is 23.1 Å². The molecule has 8 nitrogen and oxygen atoms in total. The SMILES string of the molecule is COC(=O)C[C@@H]1O[C@H](C(=O)O)[C@@H](OCc2ccccc2)[C@H](OCc2ccccc2)[C@H]1OCc1ccccc1. The van der Waals surface area contributed by atoms with Crippen molar-refractivity contribution in [3.05, 3.63) is 108 Å². The molecular formula is C30H32O8. The first-order valence-corrected chi connectivity index (χ1v) is 12.5. The normalized spacial score (nSPS) is 23.0. The number of carboxylic acids is 1. The van der Waals surface area contributed by atoms with Crippen molar-refractivity contribution >= 4 is 11.9 Å². The molecular weight excluding hydrogens is 488 g/mol. The van der Waals surface area contributed by atoms with Crippen molar-refractivity contribution in [2.24, 2.45) is 0 Å². The van der Waals surface area contributed by atoms with Crippen molar-refractivity contribution in [1.29, 1.82) is 0 Å². The van der Waals surface area contributed by atoms with Crippen LogP contribution in [0.3, 0.4) is 0 Å². The van der Waals surface area contributed by atoms with Crippen molar-refractivity contribution in [3.63, 3.8) is 0 Å². The van der Waals surface area contributed by atoms with Crippen LogP contribution in [0.4, 0.5) is 0 Å². The van der Waals surface area contributed by atoms with Crippen LogP contribution in [-0.2, 0) is 53.1 Å². The Balaban J connectivity index is 1.65. The molecule has 38 heavy (non-hydrogen) atoms. The number of esters is 1. The number of rotatable bonds is 12. The predicted molar refractivity (Wildman–Crippen MR) is 138 cm³/mol. The van der Waals surface area contributed by atoms with E-state index in [1.54, 1.807) is 0 Å². The van der Waals surface area contributed by atoms with Gasteiger partial charge in [0.05, 0.1) is 39.5 Å². The van der Waals surface area contributed by atoms with Crippen molar-refractivity contribution in [3.8, 4) is 0 Å². The molecule has 0 unspecified atom stereocenters. The number of carbonyl (C=O) groups is 2. The van der Waals surface area contributed by atoms with Crippen LogP contribution in [0.2, 0.25) is 0 Å². The third-order valence-electron chi connectivity index (χ3n) is 6.33. The molecule has 1 aliphatic heterocycles. The maximum absolute atomic E-state index is 12.4. The molecule has 0 amide bonds. The molecule has 1 aliphatic rings. The predicted octanol–water partition coefficient (Wildman–Crippen LogP) is 4.16. The zero-order valence-corrected chi connectivity index (χ0v) is 21.2. The van der Waals surface area contributed by atoms with Crippen LogP contribution in [0.15, 0.2) is 91.0 Å². The Hall–Kier alpha value is -3.56. The van der Waals surface area contributed by atoms with Gasteiger partial charge < -0.3 is 28.8 Å². The Labute approximate surface area is 222 Å². The summed E-state index contributed by atoms with van der Waals surface area (Å²) in [6.07, 6.45) is -5.18. The summed E-state index contributed by atoms with van der Waals surface area (Å²) >= 11 is 0. The molecule has 4 rings (SSSR count). The van der Waals surface area contributed by atoms with Gasteiger partial charge in [0.15, 0.2) is 6.10 Å². The lowest BCUT2D eigenvalue weighted by molar-refractivity contribution is -0.265. The summed E-state index contributed by atoms with van der Waals surface area (Å²) in [5, 5.41) is 10.1. The molecule has 1 N–H and O–H groups in total. The first-order valence-electron chi connectivity index (χ1n) is 12.5. The van der Waals surface area contributed by atoms with Crippen LogP contribution in [0, 0.1) is 0 Å². The van der Waals surface area contributed by atoms with Gasteiger partial charge in [-0.2, -0.15) is 0 Å². The van der Waals surface area contributed by atoms with Crippen molar-refractivity contribution in [1.82, 2.24) is 0 Å². The third kappa shape index (κ3) is 7.49. The zero-order chi connectivity index (χ0) is 26.7. The summed E-state index contributed by atoms with van der Waals surface area (Å²) in [6.45, 7) is 0.553. The van der Waals surface area contributed by atoms with E-state index < -0.39 is 42.5 Å². The minimum Gasteiger partial charge on any atom is -0.479 e. The first-order chi connectivity index (χ1) is 18.5. The molecule has 1 fully saturated rings. The lowest BCUT2D eigenvalue weighted by Crippen LogP contribution is -2.62. The first kappa shape index (κ1) is 27.5. The summed E-state index contributed by atoms with van der Waals surface area (Å²) in [6, 6.07) is 28.5. The fourth-order valence-electron chi connectivity index (χ4n) is 4.40. The lowest BCUT2D eigenvalue weighted by Gasteiger charge is -2.44. The van der Waals surface area contributed by atoms with Gasteiger partial charge >= 0.3 is 11.9 Å². The summed E-state index contributed by atoms with van der Waals surface area (Å²) in [5.74, 6) is -1.76. The van der Waals surface area contributed by atoms with Crippen molar-refractivity contribution in [2.75, 3.05) is 7.11 Å². The Morgan fingerprint density at radius 3 is 1.53 bits per heavy atom. The van der Waals surface area contributed by atoms with E-state index in [1.165, 1.54) is 7.11 Å². The second-order valence-electron chi connectivity index (χ2n) is 9.00. The molecule has 3 aromatic rings. The number of carboxylic acid groups (broad SMARTS) is 1. The van der Waals surface area contributed by atoms with Gasteiger partial charge in [-0.05, 0) is 16.7 Å². The topological polar surface area (TPSA) is 101 Å². The quantitative estimate of drug-likeness (QED) is 0.356. The average Bonchev–Trinajstić information content (AvgIpc) is 2.95. The number of aliphatic carboxylic acids is 1. The highest BCUT2D eigenvalue weighted by atomic mass is 16.6. The molecule has 1 saturated heterocycles. The summed E-state index contributed by atoms with van der Waals surface area (Å²) in [4.78, 5) is 24.6. The Kier molecular flexibility index (Phi) is 10.0. The second kappa shape index (κ2) is 13.8. The van der Waals surface area contributed by atoms with Crippen molar-refractivity contribution < 1.29 is 38.4 Å². The molecule has 0 aliphatic carbocycles. The van der Waals surface area contributed by atoms with Gasteiger partial charge in [-0.25, -0.2) is 4.79 Å². The standard InChI is InChI=1S/C30H32O8/c1-34-25(31)17-24-26(35-18-21-11-5-2-6-12-21)27(36-19-22-13-7-3-8-14-22)28(29(38-24)30(32)33)37-20-23-15-9-4-10-16-23/h2-16,24,26-29H,17-20H2,1H3,(H,32,33)/t24-,26-,27+,28-,29-/m0/s1. The highest BCUT2D eigenvalue weighted by molar-refractivity contribution is 5.74. The summed E-state index contributed by atoms with van der Waals surface area (Å²) < 4.78 is 29.7. The number of hydrogen-bond donors (Lipinski definition) is 1. The van der Waals surface area contributed by atoms with Crippen LogP contribution in [-0.4, -0.2) is 54.7 Å². The minimum absolute atomic E-state index is 0.150. The second-order valence-corrected chi connectivity index (χ2v) is 9.00. The molecule has 0 aromatic heterocycles. The van der Waals surface area contributed by atoms with Gasteiger partial charge in [0, 0.05) is 0 Å². The molecule has 8 heteroatoms. The van der Waals surface area contributed by atoms with E-state index in [4.69, 9.17) is 23.7 Å². The number of hydrogen-bond acceptors (Lipinski definition) is 7. The van der Waals surface area contributed by atoms with Crippen molar-refractivity contribution in [2.45, 2.75) is 56.8 Å². The zero-order valence-electron chi connectivity index (χ0n) is 21.2. The fraction of sp³-hybridized carbons (Fsp3) is 0.333. The number of methoxy groups -OCH3 is 1. The Bertz CT molecular complexity index is 1140. The number of carbonyl (C=O) groups excluding carboxylic acids is 1. The van der Waals surface area contributed by atoms with Crippen LogP contribution >= 0.6 is 0 Å². The van der Waals surface area contributed by atoms with Crippen LogP contribution in [0.25, 0.3) is 0 Å². The molecule has 0 bridgehead atoms. The molecule has 5 atom stereocenters. The van der Waals surface area contributed by atoms with E-state index >= 15 is 0 Å². The Morgan fingerprint density at radius 2 is 1.11 bits per heavy atom.